The van der Waals surface area contributed by atoms with Gasteiger partial charge in [0.2, 0.25) is 0 Å². The van der Waals surface area contributed by atoms with Gasteiger partial charge in [0.25, 0.3) is 0 Å². The molecule has 0 unspecified atom stereocenters. The molecule has 0 aliphatic rings. The number of halogens is 2. The third kappa shape index (κ3) is 3.03. The zero-order valence-corrected chi connectivity index (χ0v) is 9.38. The largest absolute Gasteiger partial charge is 0.466 e. The molecule has 0 radical (unpaired) electrons. The van der Waals surface area contributed by atoms with E-state index in [1.54, 1.807) is 6.92 Å². The first-order valence-electron chi connectivity index (χ1n) is 4.67. The molecule has 0 N–H and O–H groups in total. The monoisotopic (exact) mass is 244 g/mol. The SMILES string of the molecule is CCOC(=O)Cc1cc(Cl)cc(C=O)c1F. The summed E-state index contributed by atoms with van der Waals surface area (Å²) in [5.74, 6) is -1.28. The molecule has 0 bridgehead atoms. The van der Waals surface area contributed by atoms with Crippen molar-refractivity contribution in [3.8, 4) is 0 Å². The van der Waals surface area contributed by atoms with E-state index >= 15 is 0 Å². The average Bonchev–Trinajstić information content (AvgIpc) is 2.23. The Kier molecular flexibility index (Phi) is 4.43. The summed E-state index contributed by atoms with van der Waals surface area (Å²) in [6.45, 7) is 1.88. The molecule has 0 atom stereocenters. The van der Waals surface area contributed by atoms with Gasteiger partial charge in [0, 0.05) is 10.6 Å². The van der Waals surface area contributed by atoms with E-state index in [2.05, 4.69) is 4.74 Å². The first kappa shape index (κ1) is 12.6. The van der Waals surface area contributed by atoms with Crippen molar-refractivity contribution in [2.45, 2.75) is 13.3 Å². The van der Waals surface area contributed by atoms with Crippen LogP contribution in [0.1, 0.15) is 22.8 Å². The summed E-state index contributed by atoms with van der Waals surface area (Å²) >= 11 is 5.68. The maximum Gasteiger partial charge on any atom is 0.310 e. The Morgan fingerprint density at radius 2 is 2.25 bits per heavy atom. The topological polar surface area (TPSA) is 43.4 Å². The molecule has 0 amide bonds. The number of aldehydes is 1. The van der Waals surface area contributed by atoms with Gasteiger partial charge >= 0.3 is 5.97 Å². The molecule has 1 rings (SSSR count). The predicted molar refractivity (Wildman–Crippen MR) is 57.1 cm³/mol. The van der Waals surface area contributed by atoms with E-state index in [0.29, 0.717) is 6.29 Å². The molecule has 0 aliphatic heterocycles. The highest BCUT2D eigenvalue weighted by atomic mass is 35.5. The van der Waals surface area contributed by atoms with Crippen LogP contribution in [-0.2, 0) is 16.0 Å². The predicted octanol–water partition coefficient (Wildman–Crippen LogP) is 2.40. The van der Waals surface area contributed by atoms with Gasteiger partial charge in [-0.15, -0.1) is 0 Å². The lowest BCUT2D eigenvalue weighted by atomic mass is 10.1. The van der Waals surface area contributed by atoms with Crippen molar-refractivity contribution in [3.05, 3.63) is 34.1 Å². The first-order chi connectivity index (χ1) is 7.58. The van der Waals surface area contributed by atoms with Gasteiger partial charge in [-0.05, 0) is 19.1 Å². The molecule has 3 nitrogen and oxygen atoms in total. The Morgan fingerprint density at radius 3 is 2.81 bits per heavy atom. The Labute approximate surface area is 97.2 Å². The number of ether oxygens (including phenoxy) is 1. The van der Waals surface area contributed by atoms with Crippen LogP contribution in [-0.4, -0.2) is 18.9 Å². The highest BCUT2D eigenvalue weighted by molar-refractivity contribution is 6.30. The number of carbonyl (C=O) groups is 2. The van der Waals surface area contributed by atoms with Crippen LogP contribution >= 0.6 is 11.6 Å². The van der Waals surface area contributed by atoms with Crippen molar-refractivity contribution in [1.82, 2.24) is 0 Å². The van der Waals surface area contributed by atoms with Crippen molar-refractivity contribution in [1.29, 1.82) is 0 Å². The van der Waals surface area contributed by atoms with Gasteiger partial charge in [0.1, 0.15) is 5.82 Å². The lowest BCUT2D eigenvalue weighted by molar-refractivity contribution is -0.142. The van der Waals surface area contributed by atoms with E-state index in [1.807, 2.05) is 0 Å². The van der Waals surface area contributed by atoms with Gasteiger partial charge in [-0.2, -0.15) is 0 Å². The second kappa shape index (κ2) is 5.61. The van der Waals surface area contributed by atoms with E-state index in [4.69, 9.17) is 11.6 Å². The Balaban J connectivity index is 2.99. The van der Waals surface area contributed by atoms with Crippen molar-refractivity contribution in [3.63, 3.8) is 0 Å². The Bertz CT molecular complexity index is 418. The summed E-state index contributed by atoms with van der Waals surface area (Å²) in [6, 6.07) is 2.51. The van der Waals surface area contributed by atoms with Crippen molar-refractivity contribution < 1.29 is 18.7 Å². The lowest BCUT2D eigenvalue weighted by Gasteiger charge is -2.05. The normalized spacial score (nSPS) is 9.94. The molecule has 5 heteroatoms. The maximum atomic E-state index is 13.6. The summed E-state index contributed by atoms with van der Waals surface area (Å²) in [6.07, 6.45) is 0.122. The molecule has 0 heterocycles. The molecule has 0 aromatic heterocycles. The fourth-order valence-corrected chi connectivity index (χ4v) is 1.50. The molecule has 86 valence electrons. The smallest absolute Gasteiger partial charge is 0.310 e. The van der Waals surface area contributed by atoms with Gasteiger partial charge in [-0.1, -0.05) is 11.6 Å². The molecule has 16 heavy (non-hydrogen) atoms. The zero-order chi connectivity index (χ0) is 12.1. The first-order valence-corrected chi connectivity index (χ1v) is 5.05. The molecule has 0 saturated heterocycles. The van der Waals surface area contributed by atoms with Gasteiger partial charge in [-0.3, -0.25) is 9.59 Å². The molecule has 1 aromatic carbocycles. The minimum Gasteiger partial charge on any atom is -0.466 e. The fraction of sp³-hybridized carbons (Fsp3) is 0.273. The van der Waals surface area contributed by atoms with Crippen LogP contribution in [0.5, 0.6) is 0 Å². The third-order valence-corrected chi connectivity index (χ3v) is 2.13. The van der Waals surface area contributed by atoms with Crippen molar-refractivity contribution in [2.24, 2.45) is 0 Å². The highest BCUT2D eigenvalue weighted by Crippen LogP contribution is 2.19. The molecule has 0 aliphatic carbocycles. The van der Waals surface area contributed by atoms with Crippen LogP contribution in [0.4, 0.5) is 4.39 Å². The standard InChI is InChI=1S/C11H10ClFO3/c1-2-16-10(15)5-7-3-9(12)4-8(6-14)11(7)13/h3-4,6H,2,5H2,1H3. The van der Waals surface area contributed by atoms with E-state index < -0.39 is 11.8 Å². The molecular formula is C11H10ClFO3. The van der Waals surface area contributed by atoms with Crippen LogP contribution in [0.15, 0.2) is 12.1 Å². The van der Waals surface area contributed by atoms with Crippen molar-refractivity contribution >= 4 is 23.9 Å². The Hall–Kier alpha value is -1.42. The number of hydrogen-bond acceptors (Lipinski definition) is 3. The lowest BCUT2D eigenvalue weighted by Crippen LogP contribution is -2.09. The summed E-state index contributed by atoms with van der Waals surface area (Å²) < 4.78 is 18.2. The summed E-state index contributed by atoms with van der Waals surface area (Å²) in [4.78, 5) is 21.7. The average molecular weight is 245 g/mol. The zero-order valence-electron chi connectivity index (χ0n) is 8.63. The van der Waals surface area contributed by atoms with E-state index in [0.717, 1.165) is 0 Å². The molecule has 1 aromatic rings. The van der Waals surface area contributed by atoms with Crippen LogP contribution in [0.25, 0.3) is 0 Å². The second-order valence-electron chi connectivity index (χ2n) is 3.07. The fourth-order valence-electron chi connectivity index (χ4n) is 1.25. The minimum atomic E-state index is -0.729. The van der Waals surface area contributed by atoms with Gasteiger partial charge in [0.15, 0.2) is 6.29 Å². The van der Waals surface area contributed by atoms with E-state index in [1.165, 1.54) is 12.1 Å². The number of carbonyl (C=O) groups excluding carboxylic acids is 2. The summed E-state index contributed by atoms with van der Waals surface area (Å²) in [7, 11) is 0. The van der Waals surface area contributed by atoms with E-state index in [-0.39, 0.29) is 29.2 Å². The summed E-state index contributed by atoms with van der Waals surface area (Å²) in [5, 5.41) is 0.211. The van der Waals surface area contributed by atoms with Crippen LogP contribution in [0, 0.1) is 5.82 Å². The quantitative estimate of drug-likeness (QED) is 0.603. The second-order valence-corrected chi connectivity index (χ2v) is 3.50. The molecule has 0 spiro atoms. The van der Waals surface area contributed by atoms with Crippen LogP contribution in [0.3, 0.4) is 0 Å². The maximum absolute atomic E-state index is 13.6. The van der Waals surface area contributed by atoms with Gasteiger partial charge in [-0.25, -0.2) is 4.39 Å². The van der Waals surface area contributed by atoms with Crippen LogP contribution < -0.4 is 0 Å². The number of rotatable bonds is 4. The third-order valence-electron chi connectivity index (χ3n) is 1.91. The molecule has 0 fully saturated rings. The van der Waals surface area contributed by atoms with Crippen molar-refractivity contribution in [2.75, 3.05) is 6.61 Å². The Morgan fingerprint density at radius 1 is 1.56 bits per heavy atom. The van der Waals surface area contributed by atoms with Gasteiger partial charge < -0.3 is 4.74 Å². The summed E-state index contributed by atoms with van der Waals surface area (Å²) in [5.41, 5.74) is -0.0974. The number of esters is 1. The molecule has 0 saturated carbocycles. The van der Waals surface area contributed by atoms with Crippen LogP contribution in [0.2, 0.25) is 5.02 Å². The molecular weight excluding hydrogens is 235 g/mol. The number of benzene rings is 1. The minimum absolute atomic E-state index is 0.0630. The number of hydrogen-bond donors (Lipinski definition) is 0. The highest BCUT2D eigenvalue weighted by Gasteiger charge is 2.13. The van der Waals surface area contributed by atoms with E-state index in [9.17, 15) is 14.0 Å². The van der Waals surface area contributed by atoms with Gasteiger partial charge in [0.05, 0.1) is 18.6 Å².